The van der Waals surface area contributed by atoms with Crippen LogP contribution in [0.25, 0.3) is 10.2 Å². The Bertz CT molecular complexity index is 1210. The number of amides is 1. The van der Waals surface area contributed by atoms with Crippen molar-refractivity contribution in [1.29, 1.82) is 0 Å². The number of fused-ring (bicyclic) bond motifs is 1. The van der Waals surface area contributed by atoms with Gasteiger partial charge in [0.05, 0.1) is 21.1 Å². The van der Waals surface area contributed by atoms with E-state index in [-0.39, 0.29) is 35.9 Å². The normalized spacial score (nSPS) is 16.8. The molecule has 1 saturated heterocycles. The molecule has 0 spiro atoms. The molecule has 232 valence electrons. The zero-order valence-corrected chi connectivity index (χ0v) is 27.5. The molecule has 8 heteroatoms. The summed E-state index contributed by atoms with van der Waals surface area (Å²) in [5.74, 6) is 0.215. The number of nitrogens with one attached hydrogen (secondary N) is 1. The van der Waals surface area contributed by atoms with E-state index in [1.165, 1.54) is 5.56 Å². The van der Waals surface area contributed by atoms with Crippen LogP contribution in [0.2, 0.25) is 0 Å². The smallest absolute Gasteiger partial charge is 0.224 e. The van der Waals surface area contributed by atoms with Crippen molar-refractivity contribution >= 4 is 39.0 Å². The number of piperazine rings is 1. The molecule has 0 aliphatic carbocycles. The molecule has 1 amide bonds. The van der Waals surface area contributed by atoms with E-state index in [1.807, 2.05) is 6.92 Å². The summed E-state index contributed by atoms with van der Waals surface area (Å²) in [6.45, 7) is 19.1. The van der Waals surface area contributed by atoms with Gasteiger partial charge >= 0.3 is 0 Å². The van der Waals surface area contributed by atoms with Crippen LogP contribution in [-0.2, 0) is 20.8 Å². The van der Waals surface area contributed by atoms with Crippen molar-refractivity contribution in [2.24, 2.45) is 11.8 Å². The van der Waals surface area contributed by atoms with Gasteiger partial charge in [0, 0.05) is 70.0 Å². The molecule has 2 aromatic rings. The van der Waals surface area contributed by atoms with E-state index in [9.17, 15) is 14.4 Å². The highest BCUT2D eigenvalue weighted by Crippen LogP contribution is 2.29. The average molecular weight is 597 g/mol. The van der Waals surface area contributed by atoms with Gasteiger partial charge in [0.1, 0.15) is 5.78 Å². The van der Waals surface area contributed by atoms with E-state index in [4.69, 9.17) is 4.98 Å². The number of thiazole rings is 1. The summed E-state index contributed by atoms with van der Waals surface area (Å²) in [5, 5.41) is 4.14. The lowest BCUT2D eigenvalue weighted by Gasteiger charge is -2.32. The van der Waals surface area contributed by atoms with Gasteiger partial charge in [-0.1, -0.05) is 53.7 Å². The number of carbonyl (C=O) groups excluding carboxylic acids is 3. The standard InChI is InChI=1S/C34H52N4O3S/c1-8-10-28(39)19-27(21-33-35-30-12-11-26(23(3)4)20-32(30)42-33)34(41)36-29(24(5)9-2)13-14-31(40)25(6)22-38-17-15-37(7)16-18-38/h11-12,20,23-24,27,29H,6,8-10,13-19,21-22H2,1-5,7H3,(H,36,41)/t24-,27-,29+/m0/s1. The number of benzene rings is 1. The molecular formula is C34H52N4O3S. The minimum absolute atomic E-state index is 0.0707. The first-order valence-corrected chi connectivity index (χ1v) is 16.7. The zero-order chi connectivity index (χ0) is 30.8. The highest BCUT2D eigenvalue weighted by molar-refractivity contribution is 7.18. The summed E-state index contributed by atoms with van der Waals surface area (Å²) in [7, 11) is 2.12. The summed E-state index contributed by atoms with van der Waals surface area (Å²) in [6, 6.07) is 6.21. The first-order valence-electron chi connectivity index (χ1n) is 15.8. The van der Waals surface area contributed by atoms with Gasteiger partial charge in [-0.05, 0) is 49.4 Å². The lowest BCUT2D eigenvalue weighted by atomic mass is 9.91. The first kappa shape index (κ1) is 34.1. The summed E-state index contributed by atoms with van der Waals surface area (Å²) in [6.07, 6.45) is 3.69. The molecule has 7 nitrogen and oxygen atoms in total. The molecule has 42 heavy (non-hydrogen) atoms. The number of rotatable bonds is 17. The number of likely N-dealkylation sites (N-methyl/N-ethyl adjacent to an activating group) is 1. The maximum atomic E-state index is 13.7. The third kappa shape index (κ3) is 10.1. The van der Waals surface area contributed by atoms with Gasteiger partial charge in [0.15, 0.2) is 5.78 Å². The van der Waals surface area contributed by atoms with Gasteiger partial charge in [-0.25, -0.2) is 4.98 Å². The lowest BCUT2D eigenvalue weighted by molar-refractivity contribution is -0.130. The molecule has 1 aliphatic rings. The molecule has 1 N–H and O–H groups in total. The van der Waals surface area contributed by atoms with Crippen LogP contribution >= 0.6 is 11.3 Å². The third-order valence-electron chi connectivity index (χ3n) is 8.66. The summed E-state index contributed by atoms with van der Waals surface area (Å²) in [5.41, 5.74) is 2.85. The largest absolute Gasteiger partial charge is 0.353 e. The number of nitrogens with zero attached hydrogens (tertiary/aromatic N) is 3. The van der Waals surface area contributed by atoms with Gasteiger partial charge in [-0.15, -0.1) is 11.3 Å². The number of hydrogen-bond acceptors (Lipinski definition) is 7. The van der Waals surface area contributed by atoms with Crippen LogP contribution in [-0.4, -0.2) is 78.1 Å². The van der Waals surface area contributed by atoms with Crippen molar-refractivity contribution in [3.05, 3.63) is 40.9 Å². The first-order chi connectivity index (χ1) is 20.0. The molecule has 2 heterocycles. The number of carbonyl (C=O) groups is 3. The van der Waals surface area contributed by atoms with E-state index in [0.29, 0.717) is 43.7 Å². The Morgan fingerprint density at radius 2 is 1.79 bits per heavy atom. The van der Waals surface area contributed by atoms with Crippen LogP contribution in [0.5, 0.6) is 0 Å². The Morgan fingerprint density at radius 3 is 2.43 bits per heavy atom. The second-order valence-corrected chi connectivity index (χ2v) is 13.6. The van der Waals surface area contributed by atoms with Crippen LogP contribution in [0.3, 0.4) is 0 Å². The molecule has 0 saturated carbocycles. The molecule has 3 rings (SSSR count). The fraction of sp³-hybridized carbons (Fsp3) is 0.647. The summed E-state index contributed by atoms with van der Waals surface area (Å²) >= 11 is 1.61. The van der Waals surface area contributed by atoms with Crippen molar-refractivity contribution in [2.45, 2.75) is 91.5 Å². The van der Waals surface area contributed by atoms with Gasteiger partial charge in [0.2, 0.25) is 5.91 Å². The van der Waals surface area contributed by atoms with Gasteiger partial charge in [-0.2, -0.15) is 0 Å². The Balaban J connectivity index is 1.67. The van der Waals surface area contributed by atoms with E-state index in [1.54, 1.807) is 11.3 Å². The van der Waals surface area contributed by atoms with Crippen LogP contribution in [0.4, 0.5) is 0 Å². The second-order valence-electron chi connectivity index (χ2n) is 12.5. The zero-order valence-electron chi connectivity index (χ0n) is 26.7. The van der Waals surface area contributed by atoms with Gasteiger partial charge in [0.25, 0.3) is 0 Å². The van der Waals surface area contributed by atoms with E-state index < -0.39 is 5.92 Å². The summed E-state index contributed by atoms with van der Waals surface area (Å²) in [4.78, 5) is 48.9. The number of Topliss-reactive ketones (excluding diaryl/α,β-unsaturated/α-hetero) is 2. The fourth-order valence-electron chi connectivity index (χ4n) is 5.47. The number of aromatic nitrogens is 1. The fourth-order valence-corrected chi connectivity index (χ4v) is 6.57. The minimum Gasteiger partial charge on any atom is -0.353 e. The Labute approximate surface area is 257 Å². The SMILES string of the molecule is C=C(CN1CCN(C)CC1)C(=O)CC[C@@H](NC(=O)[C@@H](CC(=O)CCC)Cc1nc2ccc(C(C)C)cc2s1)[C@@H](C)CC. The Morgan fingerprint density at radius 1 is 1.07 bits per heavy atom. The summed E-state index contributed by atoms with van der Waals surface area (Å²) < 4.78 is 1.11. The van der Waals surface area contributed by atoms with Crippen molar-refractivity contribution in [3.8, 4) is 0 Å². The molecule has 0 unspecified atom stereocenters. The van der Waals surface area contributed by atoms with Crippen LogP contribution in [0.15, 0.2) is 30.4 Å². The van der Waals surface area contributed by atoms with Crippen molar-refractivity contribution in [3.63, 3.8) is 0 Å². The molecule has 0 radical (unpaired) electrons. The minimum atomic E-state index is -0.483. The van der Waals surface area contributed by atoms with Crippen molar-refractivity contribution in [1.82, 2.24) is 20.1 Å². The second kappa shape index (κ2) is 16.4. The predicted octanol–water partition coefficient (Wildman–Crippen LogP) is 6.02. The van der Waals surface area contributed by atoms with E-state index >= 15 is 0 Å². The van der Waals surface area contributed by atoms with E-state index in [0.717, 1.165) is 54.2 Å². The lowest BCUT2D eigenvalue weighted by Crippen LogP contribution is -2.45. The molecular weight excluding hydrogens is 544 g/mol. The van der Waals surface area contributed by atoms with Crippen LogP contribution in [0, 0.1) is 11.8 Å². The third-order valence-corrected chi connectivity index (χ3v) is 9.70. The monoisotopic (exact) mass is 596 g/mol. The predicted molar refractivity (Wildman–Crippen MR) is 174 cm³/mol. The van der Waals surface area contributed by atoms with Gasteiger partial charge < -0.3 is 10.2 Å². The topological polar surface area (TPSA) is 82.6 Å². The Kier molecular flexibility index (Phi) is 13.3. The van der Waals surface area contributed by atoms with Crippen molar-refractivity contribution < 1.29 is 14.4 Å². The van der Waals surface area contributed by atoms with Crippen LogP contribution < -0.4 is 5.32 Å². The molecule has 1 fully saturated rings. The molecule has 1 aromatic carbocycles. The number of ketones is 2. The van der Waals surface area contributed by atoms with Crippen LogP contribution in [0.1, 0.15) is 89.6 Å². The quantitative estimate of drug-likeness (QED) is 0.225. The average Bonchev–Trinajstić information content (AvgIpc) is 3.37. The van der Waals surface area contributed by atoms with E-state index in [2.05, 4.69) is 74.6 Å². The maximum absolute atomic E-state index is 13.7. The highest BCUT2D eigenvalue weighted by Gasteiger charge is 2.28. The molecule has 1 aliphatic heterocycles. The highest BCUT2D eigenvalue weighted by atomic mass is 32.1. The number of hydrogen-bond donors (Lipinski definition) is 1. The van der Waals surface area contributed by atoms with Gasteiger partial charge in [-0.3, -0.25) is 19.3 Å². The van der Waals surface area contributed by atoms with Crippen molar-refractivity contribution in [2.75, 3.05) is 39.8 Å². The molecule has 0 bridgehead atoms. The maximum Gasteiger partial charge on any atom is 0.224 e. The molecule has 1 aromatic heterocycles. The molecule has 3 atom stereocenters. The Hall–Kier alpha value is -2.42.